The molecule has 2 aromatic carbocycles. The monoisotopic (exact) mass is 669 g/mol. The SMILES string of the molecule is CC1(C)C2CC[C@@]1(CS(=O)(=O)N[C@@H](Cc1ccc(NC(=O)CCC(=O)N(C(=N)N)C(=O)OCc3ccccc3)cc1)C(=O)O)C(=O)C2. The van der Waals surface area contributed by atoms with Gasteiger partial charge in [-0.05, 0) is 53.9 Å². The van der Waals surface area contributed by atoms with E-state index in [2.05, 4.69) is 10.0 Å². The Hall–Kier alpha value is -4.63. The Labute approximate surface area is 272 Å². The minimum atomic E-state index is -4.14. The number of benzene rings is 2. The van der Waals surface area contributed by atoms with Crippen molar-refractivity contribution < 1.29 is 42.2 Å². The van der Waals surface area contributed by atoms with Crippen molar-refractivity contribution >= 4 is 51.3 Å². The third-order valence-corrected chi connectivity index (χ3v) is 10.8. The lowest BCUT2D eigenvalue weighted by Gasteiger charge is -2.36. The molecule has 0 aliphatic heterocycles. The van der Waals surface area contributed by atoms with Crippen LogP contribution >= 0.6 is 0 Å². The summed E-state index contributed by atoms with van der Waals surface area (Å²) in [5, 5.41) is 19.9. The Morgan fingerprint density at radius 3 is 2.28 bits per heavy atom. The minimum absolute atomic E-state index is 0.0875. The number of imide groups is 1. The summed E-state index contributed by atoms with van der Waals surface area (Å²) in [7, 11) is -4.14. The second-order valence-corrected chi connectivity index (χ2v) is 14.3. The van der Waals surface area contributed by atoms with E-state index >= 15 is 0 Å². The summed E-state index contributed by atoms with van der Waals surface area (Å²) in [6, 6.07) is 13.2. The molecule has 0 aromatic heterocycles. The van der Waals surface area contributed by atoms with Crippen molar-refractivity contribution in [3.8, 4) is 0 Å². The van der Waals surface area contributed by atoms with Gasteiger partial charge >= 0.3 is 12.1 Å². The predicted octanol–water partition coefficient (Wildman–Crippen LogP) is 2.77. The fourth-order valence-corrected chi connectivity index (χ4v) is 8.53. The second kappa shape index (κ2) is 14.0. The molecule has 14 nitrogen and oxygen atoms in total. The van der Waals surface area contributed by atoms with Crippen molar-refractivity contribution in [2.75, 3.05) is 11.1 Å². The zero-order valence-corrected chi connectivity index (χ0v) is 27.0. The first-order chi connectivity index (χ1) is 22.0. The van der Waals surface area contributed by atoms with Gasteiger partial charge in [-0.2, -0.15) is 4.90 Å². The first-order valence-electron chi connectivity index (χ1n) is 15.1. The van der Waals surface area contributed by atoms with Crippen molar-refractivity contribution in [2.45, 2.75) is 65.0 Å². The minimum Gasteiger partial charge on any atom is -0.480 e. The number of nitrogens with zero attached hydrogens (tertiary/aromatic N) is 1. The molecule has 0 saturated heterocycles. The zero-order chi connectivity index (χ0) is 34.6. The number of nitrogens with one attached hydrogen (secondary N) is 3. The highest BCUT2D eigenvalue weighted by molar-refractivity contribution is 7.89. The number of anilines is 1. The van der Waals surface area contributed by atoms with Gasteiger partial charge in [0.2, 0.25) is 27.8 Å². The van der Waals surface area contributed by atoms with Gasteiger partial charge in [0.25, 0.3) is 0 Å². The number of ether oxygens (including phenoxy) is 1. The van der Waals surface area contributed by atoms with Crippen molar-refractivity contribution in [2.24, 2.45) is 22.5 Å². The predicted molar refractivity (Wildman–Crippen MR) is 170 cm³/mol. The highest BCUT2D eigenvalue weighted by Crippen LogP contribution is 2.64. The molecule has 2 aliphatic rings. The van der Waals surface area contributed by atoms with Crippen LogP contribution in [0.5, 0.6) is 0 Å². The maximum Gasteiger partial charge on any atom is 0.423 e. The second-order valence-electron chi connectivity index (χ2n) is 12.5. The van der Waals surface area contributed by atoms with E-state index in [4.69, 9.17) is 15.9 Å². The first-order valence-corrected chi connectivity index (χ1v) is 16.7. The molecular formula is C32H39N5O9S. The molecular weight excluding hydrogens is 630 g/mol. The molecule has 6 N–H and O–H groups in total. The number of carbonyl (C=O) groups excluding carboxylic acids is 4. The molecule has 2 fully saturated rings. The number of amides is 3. The van der Waals surface area contributed by atoms with Crippen molar-refractivity contribution in [1.82, 2.24) is 9.62 Å². The summed E-state index contributed by atoms with van der Waals surface area (Å²) in [6.45, 7) is 3.67. The van der Waals surface area contributed by atoms with Gasteiger partial charge in [-0.15, -0.1) is 0 Å². The van der Waals surface area contributed by atoms with Crippen LogP contribution in [0.3, 0.4) is 0 Å². The lowest BCUT2D eigenvalue weighted by Crippen LogP contribution is -2.49. The Morgan fingerprint density at radius 1 is 1.06 bits per heavy atom. The average Bonchev–Trinajstić information content (AvgIpc) is 3.34. The Morgan fingerprint density at radius 2 is 1.72 bits per heavy atom. The first kappa shape index (κ1) is 35.2. The lowest BCUT2D eigenvalue weighted by atomic mass is 9.70. The number of Topliss-reactive ketones (excluding diaryl/α,β-unsaturated/α-hetero) is 1. The van der Waals surface area contributed by atoms with Gasteiger partial charge in [-0.3, -0.25) is 24.6 Å². The molecule has 15 heteroatoms. The number of carbonyl (C=O) groups is 5. The van der Waals surface area contributed by atoms with Crippen LogP contribution in [0.4, 0.5) is 10.5 Å². The molecule has 0 radical (unpaired) electrons. The number of hydrogen-bond acceptors (Lipinski definition) is 9. The Kier molecular flexibility index (Phi) is 10.5. The maximum atomic E-state index is 13.2. The lowest BCUT2D eigenvalue weighted by molar-refractivity contribution is -0.139. The summed E-state index contributed by atoms with van der Waals surface area (Å²) in [6.07, 6.45) is -0.574. The number of rotatable bonds is 13. The number of ketones is 1. The van der Waals surface area contributed by atoms with Crippen LogP contribution in [-0.4, -0.2) is 65.8 Å². The number of sulfonamides is 1. The molecule has 252 valence electrons. The van der Waals surface area contributed by atoms with E-state index in [9.17, 15) is 37.5 Å². The highest BCUT2D eigenvalue weighted by atomic mass is 32.2. The number of aliphatic carboxylic acids is 1. The third-order valence-electron chi connectivity index (χ3n) is 9.32. The number of fused-ring (bicyclic) bond motifs is 2. The molecule has 3 amide bonds. The molecule has 0 spiro atoms. The van der Waals surface area contributed by atoms with Crippen molar-refractivity contribution in [1.29, 1.82) is 5.41 Å². The van der Waals surface area contributed by atoms with Gasteiger partial charge < -0.3 is 20.9 Å². The highest BCUT2D eigenvalue weighted by Gasteiger charge is 2.65. The molecule has 4 rings (SSSR count). The normalized spacial score (nSPS) is 20.3. The number of carboxylic acids is 1. The van der Waals surface area contributed by atoms with Crippen LogP contribution in [0.2, 0.25) is 0 Å². The third kappa shape index (κ3) is 8.03. The van der Waals surface area contributed by atoms with E-state index < -0.39 is 68.9 Å². The number of carboxylic acid groups (broad SMARTS) is 1. The molecule has 47 heavy (non-hydrogen) atoms. The topological polar surface area (TPSA) is 226 Å². The number of guanidine groups is 1. The smallest absolute Gasteiger partial charge is 0.423 e. The zero-order valence-electron chi connectivity index (χ0n) is 26.2. The number of hydrogen-bond donors (Lipinski definition) is 5. The summed E-state index contributed by atoms with van der Waals surface area (Å²) in [4.78, 5) is 62.6. The van der Waals surface area contributed by atoms with E-state index in [1.165, 1.54) is 24.3 Å². The van der Waals surface area contributed by atoms with E-state index in [0.717, 1.165) is 6.42 Å². The number of nitrogens with two attached hydrogens (primary N) is 1. The standard InChI is InChI=1S/C32H39N5O9S/c1-31(2)22-14-15-32(31,25(38)17-22)19-47(44,45)36-24(28(41)42)16-20-8-10-23(11-9-20)35-26(39)12-13-27(40)37(29(33)34)30(43)46-18-21-6-4-3-5-7-21/h3-11,22,24,36H,12-19H2,1-2H3,(H3,33,34)(H,35,39)(H,41,42)/t22?,24-,32+/m0/s1. The molecule has 2 saturated carbocycles. The molecule has 2 aliphatic carbocycles. The van der Waals surface area contributed by atoms with Crippen molar-refractivity contribution in [3.63, 3.8) is 0 Å². The summed E-state index contributed by atoms with van der Waals surface area (Å²) >= 11 is 0. The summed E-state index contributed by atoms with van der Waals surface area (Å²) in [5.74, 6) is -4.15. The van der Waals surface area contributed by atoms with E-state index in [1.54, 1.807) is 30.3 Å². The van der Waals surface area contributed by atoms with Crippen LogP contribution in [0.1, 0.15) is 57.1 Å². The van der Waals surface area contributed by atoms with Gasteiger partial charge in [0, 0.05) is 30.4 Å². The largest absolute Gasteiger partial charge is 0.480 e. The van der Waals surface area contributed by atoms with Gasteiger partial charge in [0.1, 0.15) is 18.4 Å². The molecule has 1 unspecified atom stereocenters. The van der Waals surface area contributed by atoms with Crippen LogP contribution in [0.15, 0.2) is 54.6 Å². The van der Waals surface area contributed by atoms with Crippen molar-refractivity contribution in [3.05, 3.63) is 65.7 Å². The summed E-state index contributed by atoms with van der Waals surface area (Å²) < 4.78 is 33.7. The maximum absolute atomic E-state index is 13.2. The fraction of sp³-hybridized carbons (Fsp3) is 0.438. The Bertz CT molecular complexity index is 1660. The summed E-state index contributed by atoms with van der Waals surface area (Å²) in [5.41, 5.74) is 5.33. The average molecular weight is 670 g/mol. The molecule has 3 atom stereocenters. The van der Waals surface area contributed by atoms with Gasteiger partial charge in [-0.25, -0.2) is 17.9 Å². The van der Waals surface area contributed by atoms with Crippen LogP contribution in [0.25, 0.3) is 0 Å². The van der Waals surface area contributed by atoms with Crippen LogP contribution in [-0.2, 0) is 47.0 Å². The molecule has 2 bridgehead atoms. The van der Waals surface area contributed by atoms with E-state index in [-0.39, 0.29) is 31.1 Å². The quantitative estimate of drug-likeness (QED) is 0.155. The van der Waals surface area contributed by atoms with E-state index in [0.29, 0.717) is 34.6 Å². The molecule has 0 heterocycles. The fourth-order valence-electron chi connectivity index (χ4n) is 6.50. The molecule has 2 aromatic rings. The van der Waals surface area contributed by atoms with Gasteiger partial charge in [0.15, 0.2) is 0 Å². The van der Waals surface area contributed by atoms with Crippen LogP contribution in [0, 0.1) is 22.2 Å². The van der Waals surface area contributed by atoms with E-state index in [1.807, 2.05) is 13.8 Å². The van der Waals surface area contributed by atoms with Crippen LogP contribution < -0.4 is 15.8 Å². The van der Waals surface area contributed by atoms with Gasteiger partial charge in [-0.1, -0.05) is 56.3 Å². The van der Waals surface area contributed by atoms with Gasteiger partial charge in [0.05, 0.1) is 5.75 Å². The Balaban J connectivity index is 1.29.